The van der Waals surface area contributed by atoms with Crippen LogP contribution in [0.1, 0.15) is 19.9 Å². The van der Waals surface area contributed by atoms with Crippen molar-refractivity contribution in [2.75, 3.05) is 5.73 Å². The lowest BCUT2D eigenvalue weighted by atomic mass is 10.2. The maximum absolute atomic E-state index is 13.3. The number of rotatable bonds is 2. The molecule has 2 rings (SSSR count). The van der Waals surface area contributed by atoms with E-state index < -0.39 is 5.82 Å². The first-order valence-corrected chi connectivity index (χ1v) is 4.93. The predicted molar refractivity (Wildman–Crippen MR) is 58.0 cm³/mol. The van der Waals surface area contributed by atoms with E-state index in [9.17, 15) is 4.39 Å². The Morgan fingerprint density at radius 3 is 2.75 bits per heavy atom. The largest absolute Gasteiger partial charge is 0.396 e. The summed E-state index contributed by atoms with van der Waals surface area (Å²) in [5.41, 5.74) is 6.14. The van der Waals surface area contributed by atoms with Crippen LogP contribution >= 0.6 is 0 Å². The van der Waals surface area contributed by atoms with Crippen LogP contribution in [0.2, 0.25) is 0 Å². The van der Waals surface area contributed by atoms with Gasteiger partial charge in [-0.2, -0.15) is 0 Å². The van der Waals surface area contributed by atoms with Gasteiger partial charge in [0.05, 0.1) is 11.7 Å². The van der Waals surface area contributed by atoms with Crippen molar-refractivity contribution in [3.63, 3.8) is 0 Å². The number of benzene rings is 1. The van der Waals surface area contributed by atoms with E-state index in [1.54, 1.807) is 10.7 Å². The topological polar surface area (TPSA) is 69.6 Å². The number of hydrogen-bond acceptors (Lipinski definition) is 4. The van der Waals surface area contributed by atoms with E-state index >= 15 is 0 Å². The Balaban J connectivity index is 2.50. The average molecular weight is 221 g/mol. The fourth-order valence-corrected chi connectivity index (χ4v) is 1.40. The third-order valence-corrected chi connectivity index (χ3v) is 2.24. The Labute approximate surface area is 92.1 Å². The molecule has 6 heteroatoms. The molecule has 0 aliphatic heterocycles. The van der Waals surface area contributed by atoms with E-state index in [1.165, 1.54) is 12.1 Å². The fourth-order valence-electron chi connectivity index (χ4n) is 1.40. The molecular weight excluding hydrogens is 209 g/mol. The molecule has 0 amide bonds. The van der Waals surface area contributed by atoms with Crippen LogP contribution in [0.15, 0.2) is 18.2 Å². The molecule has 16 heavy (non-hydrogen) atoms. The van der Waals surface area contributed by atoms with Crippen LogP contribution in [-0.2, 0) is 0 Å². The summed E-state index contributed by atoms with van der Waals surface area (Å²) in [5.74, 6) is 0.0738. The van der Waals surface area contributed by atoms with Crippen molar-refractivity contribution in [3.05, 3.63) is 24.0 Å². The third kappa shape index (κ3) is 1.73. The number of hydrogen-bond donors (Lipinski definition) is 1. The first-order chi connectivity index (χ1) is 7.59. The van der Waals surface area contributed by atoms with Crippen LogP contribution in [0.5, 0.6) is 0 Å². The van der Waals surface area contributed by atoms with Crippen molar-refractivity contribution < 1.29 is 4.39 Å². The molecule has 1 heterocycles. The average Bonchev–Trinajstić information content (AvgIpc) is 2.71. The fraction of sp³-hybridized carbons (Fsp3) is 0.300. The summed E-state index contributed by atoms with van der Waals surface area (Å²) in [6.07, 6.45) is 0. The maximum atomic E-state index is 13.3. The Morgan fingerprint density at radius 1 is 1.38 bits per heavy atom. The van der Waals surface area contributed by atoms with Gasteiger partial charge in [-0.3, -0.25) is 0 Å². The summed E-state index contributed by atoms with van der Waals surface area (Å²) >= 11 is 0. The second-order valence-electron chi connectivity index (χ2n) is 3.78. The zero-order valence-corrected chi connectivity index (χ0v) is 9.05. The Kier molecular flexibility index (Phi) is 2.55. The summed E-state index contributed by atoms with van der Waals surface area (Å²) in [6.45, 7) is 3.90. The van der Waals surface area contributed by atoms with E-state index in [2.05, 4.69) is 15.5 Å². The molecule has 1 aromatic carbocycles. The summed E-state index contributed by atoms with van der Waals surface area (Å²) in [6, 6.07) is 4.65. The number of nitrogens with two attached hydrogens (primary N) is 1. The van der Waals surface area contributed by atoms with Crippen molar-refractivity contribution in [2.24, 2.45) is 0 Å². The second-order valence-corrected chi connectivity index (χ2v) is 3.78. The van der Waals surface area contributed by atoms with Crippen LogP contribution in [0.25, 0.3) is 11.4 Å². The number of anilines is 1. The SMILES string of the molecule is CC(C)n1nnnc1-c1ccc(N)c(F)c1. The lowest BCUT2D eigenvalue weighted by Crippen LogP contribution is -2.05. The molecule has 0 saturated carbocycles. The summed E-state index contributed by atoms with van der Waals surface area (Å²) in [4.78, 5) is 0. The summed E-state index contributed by atoms with van der Waals surface area (Å²) in [7, 11) is 0. The van der Waals surface area contributed by atoms with E-state index in [0.29, 0.717) is 11.4 Å². The number of aromatic nitrogens is 4. The van der Waals surface area contributed by atoms with Crippen LogP contribution in [0, 0.1) is 5.82 Å². The van der Waals surface area contributed by atoms with Gasteiger partial charge in [0.25, 0.3) is 0 Å². The van der Waals surface area contributed by atoms with Crippen LogP contribution in [-0.4, -0.2) is 20.2 Å². The zero-order chi connectivity index (χ0) is 11.7. The van der Waals surface area contributed by atoms with Gasteiger partial charge in [-0.05, 0) is 42.5 Å². The highest BCUT2D eigenvalue weighted by atomic mass is 19.1. The molecule has 0 aliphatic carbocycles. The minimum Gasteiger partial charge on any atom is -0.396 e. The molecule has 0 radical (unpaired) electrons. The molecule has 0 atom stereocenters. The van der Waals surface area contributed by atoms with Gasteiger partial charge in [-0.1, -0.05) is 0 Å². The van der Waals surface area contributed by atoms with Crippen LogP contribution in [0.3, 0.4) is 0 Å². The van der Waals surface area contributed by atoms with E-state index in [1.807, 2.05) is 13.8 Å². The number of nitrogen functional groups attached to an aromatic ring is 1. The molecule has 2 aromatic rings. The van der Waals surface area contributed by atoms with Crippen molar-refractivity contribution in [2.45, 2.75) is 19.9 Å². The lowest BCUT2D eigenvalue weighted by molar-refractivity contribution is 0.519. The first-order valence-electron chi connectivity index (χ1n) is 4.93. The zero-order valence-electron chi connectivity index (χ0n) is 9.05. The van der Waals surface area contributed by atoms with E-state index in [4.69, 9.17) is 5.73 Å². The minimum absolute atomic E-state index is 0.116. The second kappa shape index (κ2) is 3.88. The van der Waals surface area contributed by atoms with Gasteiger partial charge < -0.3 is 5.73 Å². The molecule has 5 nitrogen and oxygen atoms in total. The summed E-state index contributed by atoms with van der Waals surface area (Å²) < 4.78 is 14.9. The lowest BCUT2D eigenvalue weighted by Gasteiger charge is -2.07. The van der Waals surface area contributed by atoms with E-state index in [0.717, 1.165) is 0 Å². The number of nitrogens with zero attached hydrogens (tertiary/aromatic N) is 4. The highest BCUT2D eigenvalue weighted by Crippen LogP contribution is 2.22. The molecule has 0 unspecified atom stereocenters. The predicted octanol–water partition coefficient (Wildman–Crippen LogP) is 1.64. The number of tetrazole rings is 1. The normalized spacial score (nSPS) is 11.0. The van der Waals surface area contributed by atoms with Gasteiger partial charge in [-0.25, -0.2) is 9.07 Å². The molecule has 0 fully saturated rings. The van der Waals surface area contributed by atoms with Crippen molar-refractivity contribution in [3.8, 4) is 11.4 Å². The Hall–Kier alpha value is -1.98. The van der Waals surface area contributed by atoms with E-state index in [-0.39, 0.29) is 11.7 Å². The molecule has 0 spiro atoms. The quantitative estimate of drug-likeness (QED) is 0.783. The standard InChI is InChI=1S/C10H12FN5/c1-6(2)16-10(13-14-15-16)7-3-4-9(12)8(11)5-7/h3-6H,12H2,1-2H3. The van der Waals surface area contributed by atoms with Gasteiger partial charge in [-0.15, -0.1) is 5.10 Å². The van der Waals surface area contributed by atoms with Crippen molar-refractivity contribution in [1.82, 2.24) is 20.2 Å². The molecule has 2 N–H and O–H groups in total. The van der Waals surface area contributed by atoms with Crippen LogP contribution < -0.4 is 5.73 Å². The molecule has 84 valence electrons. The van der Waals surface area contributed by atoms with Gasteiger partial charge in [0.15, 0.2) is 5.82 Å². The van der Waals surface area contributed by atoms with Crippen molar-refractivity contribution in [1.29, 1.82) is 0 Å². The minimum atomic E-state index is -0.462. The van der Waals surface area contributed by atoms with Crippen LogP contribution in [0.4, 0.5) is 10.1 Å². The van der Waals surface area contributed by atoms with Gasteiger partial charge in [0.1, 0.15) is 5.82 Å². The first kappa shape index (κ1) is 10.5. The Bertz CT molecular complexity index is 506. The van der Waals surface area contributed by atoms with Gasteiger partial charge in [0, 0.05) is 5.56 Å². The molecule has 0 aliphatic rings. The summed E-state index contributed by atoms with van der Waals surface area (Å²) in [5, 5.41) is 11.3. The smallest absolute Gasteiger partial charge is 0.182 e. The third-order valence-electron chi connectivity index (χ3n) is 2.24. The monoisotopic (exact) mass is 221 g/mol. The highest BCUT2D eigenvalue weighted by molar-refractivity contribution is 5.59. The molecule has 1 aromatic heterocycles. The highest BCUT2D eigenvalue weighted by Gasteiger charge is 2.12. The maximum Gasteiger partial charge on any atom is 0.182 e. The van der Waals surface area contributed by atoms with Gasteiger partial charge in [0.2, 0.25) is 0 Å². The van der Waals surface area contributed by atoms with Gasteiger partial charge >= 0.3 is 0 Å². The number of halogens is 1. The Morgan fingerprint density at radius 2 is 2.12 bits per heavy atom. The molecule has 0 bridgehead atoms. The molecular formula is C10H12FN5. The van der Waals surface area contributed by atoms with Crippen molar-refractivity contribution >= 4 is 5.69 Å². The molecule has 0 saturated heterocycles.